The number of aromatic nitrogens is 2. The van der Waals surface area contributed by atoms with Crippen molar-refractivity contribution < 1.29 is 17.9 Å². The quantitative estimate of drug-likeness (QED) is 0.527. The molecule has 0 atom stereocenters. The van der Waals surface area contributed by atoms with Crippen LogP contribution in [0.15, 0.2) is 47.4 Å². The number of hydrogen-bond donors (Lipinski definition) is 1. The van der Waals surface area contributed by atoms with Gasteiger partial charge in [0.2, 0.25) is 15.9 Å². The van der Waals surface area contributed by atoms with Crippen molar-refractivity contribution in [2.45, 2.75) is 31.8 Å². The van der Waals surface area contributed by atoms with Crippen molar-refractivity contribution in [1.29, 1.82) is 0 Å². The number of benzene rings is 2. The van der Waals surface area contributed by atoms with E-state index in [4.69, 9.17) is 9.72 Å². The lowest BCUT2D eigenvalue weighted by Gasteiger charge is -2.26. The molecule has 0 radical (unpaired) electrons. The lowest BCUT2D eigenvalue weighted by Crippen LogP contribution is -2.40. The Balaban J connectivity index is 1.49. The molecule has 0 aliphatic carbocycles. The maximum Gasteiger partial charge on any atom is 0.243 e. The molecule has 1 amide bonds. The molecule has 1 aromatic heterocycles. The third-order valence-corrected chi connectivity index (χ3v) is 7.78. The van der Waals surface area contributed by atoms with E-state index >= 15 is 0 Å². The number of amides is 1. The van der Waals surface area contributed by atoms with Gasteiger partial charge in [-0.2, -0.15) is 4.31 Å². The number of nitrogens with zero attached hydrogens (tertiary/aromatic N) is 4. The summed E-state index contributed by atoms with van der Waals surface area (Å²) < 4.78 is 34.9. The molecule has 3 aromatic rings. The molecule has 1 N–H and O–H groups in total. The maximum atomic E-state index is 13.0. The number of nitrogens with one attached hydrogen (secondary N) is 1. The molecule has 0 spiro atoms. The van der Waals surface area contributed by atoms with E-state index in [2.05, 4.69) is 9.88 Å². The lowest BCUT2D eigenvalue weighted by molar-refractivity contribution is -0.117. The van der Waals surface area contributed by atoms with E-state index < -0.39 is 10.0 Å². The van der Waals surface area contributed by atoms with Gasteiger partial charge in [-0.3, -0.25) is 9.69 Å². The van der Waals surface area contributed by atoms with Crippen molar-refractivity contribution in [3.8, 4) is 0 Å². The minimum absolute atomic E-state index is 0.107. The van der Waals surface area contributed by atoms with Gasteiger partial charge in [-0.05, 0) is 51.2 Å². The molecule has 182 valence electrons. The van der Waals surface area contributed by atoms with Gasteiger partial charge in [-0.15, -0.1) is 0 Å². The normalized spacial score (nSPS) is 15.2. The fourth-order valence-corrected chi connectivity index (χ4v) is 5.54. The van der Waals surface area contributed by atoms with Crippen molar-refractivity contribution in [2.24, 2.45) is 0 Å². The Morgan fingerprint density at radius 3 is 2.53 bits per heavy atom. The van der Waals surface area contributed by atoms with Gasteiger partial charge in [0.15, 0.2) is 0 Å². The number of anilines is 1. The second-order valence-corrected chi connectivity index (χ2v) is 10.5. The number of likely N-dealkylation sites (N-methyl/N-ethyl adjacent to an activating group) is 1. The van der Waals surface area contributed by atoms with Crippen LogP contribution in [0.2, 0.25) is 0 Å². The number of aryl methyl sites for hydroxylation is 2. The summed E-state index contributed by atoms with van der Waals surface area (Å²) in [6.45, 7) is 6.87. The van der Waals surface area contributed by atoms with Crippen molar-refractivity contribution >= 4 is 32.7 Å². The van der Waals surface area contributed by atoms with E-state index in [9.17, 15) is 13.2 Å². The van der Waals surface area contributed by atoms with Crippen LogP contribution in [0.4, 0.5) is 5.69 Å². The molecule has 10 heteroatoms. The van der Waals surface area contributed by atoms with Crippen LogP contribution in [0.3, 0.4) is 0 Å². The Morgan fingerprint density at radius 1 is 1.15 bits per heavy atom. The number of sulfonamides is 1. The summed E-state index contributed by atoms with van der Waals surface area (Å²) in [5.41, 5.74) is 3.40. The summed E-state index contributed by atoms with van der Waals surface area (Å²) in [6.07, 6.45) is 0. The topological polar surface area (TPSA) is 96.8 Å². The fourth-order valence-electron chi connectivity index (χ4n) is 4.11. The van der Waals surface area contributed by atoms with Crippen molar-refractivity contribution in [1.82, 2.24) is 18.8 Å². The zero-order chi connectivity index (χ0) is 24.3. The Hall–Kier alpha value is -2.79. The van der Waals surface area contributed by atoms with Gasteiger partial charge in [0.05, 0.1) is 42.2 Å². The van der Waals surface area contributed by atoms with E-state index in [1.807, 2.05) is 56.1 Å². The number of fused-ring (bicyclic) bond motifs is 1. The number of ether oxygens (including phenoxy) is 1. The highest BCUT2D eigenvalue weighted by Gasteiger charge is 2.27. The summed E-state index contributed by atoms with van der Waals surface area (Å²) in [6, 6.07) is 12.8. The van der Waals surface area contributed by atoms with E-state index in [0.29, 0.717) is 44.9 Å². The van der Waals surface area contributed by atoms with E-state index in [1.165, 1.54) is 4.31 Å². The molecule has 2 aromatic carbocycles. The molecule has 1 saturated heterocycles. The lowest BCUT2D eigenvalue weighted by atomic mass is 10.2. The Labute approximate surface area is 200 Å². The van der Waals surface area contributed by atoms with Gasteiger partial charge in [-0.1, -0.05) is 17.7 Å². The summed E-state index contributed by atoms with van der Waals surface area (Å²) in [5, 5.41) is 2.91. The predicted molar refractivity (Wildman–Crippen MR) is 131 cm³/mol. The number of imidazole rings is 1. The third-order valence-electron chi connectivity index (χ3n) is 5.88. The van der Waals surface area contributed by atoms with Crippen LogP contribution in [0, 0.1) is 6.92 Å². The van der Waals surface area contributed by atoms with E-state index in [1.54, 1.807) is 12.1 Å². The van der Waals surface area contributed by atoms with Crippen LogP contribution < -0.4 is 5.32 Å². The number of rotatable bonds is 8. The smallest absolute Gasteiger partial charge is 0.243 e. The van der Waals surface area contributed by atoms with Crippen LogP contribution in [-0.4, -0.2) is 73.0 Å². The largest absolute Gasteiger partial charge is 0.379 e. The SMILES string of the molecule is CCn1c(CN(C)CC(=O)Nc2ccc(C)cc2)nc2cc(S(=O)(=O)N3CCOCC3)ccc21. The van der Waals surface area contributed by atoms with Crippen molar-refractivity contribution in [3.05, 3.63) is 53.9 Å². The van der Waals surface area contributed by atoms with Crippen LogP contribution in [0.25, 0.3) is 11.0 Å². The molecule has 34 heavy (non-hydrogen) atoms. The highest BCUT2D eigenvalue weighted by atomic mass is 32.2. The average Bonchev–Trinajstić information content (AvgIpc) is 3.16. The van der Waals surface area contributed by atoms with E-state index in [-0.39, 0.29) is 17.3 Å². The number of hydrogen-bond acceptors (Lipinski definition) is 6. The Bertz CT molecular complexity index is 1260. The van der Waals surface area contributed by atoms with Crippen molar-refractivity contribution in [2.75, 3.05) is 45.2 Å². The average molecular weight is 486 g/mol. The zero-order valence-electron chi connectivity index (χ0n) is 19.8. The molecule has 1 aliphatic heterocycles. The first-order valence-corrected chi connectivity index (χ1v) is 12.8. The molecular weight excluding hydrogens is 454 g/mol. The fraction of sp³-hybridized carbons (Fsp3) is 0.417. The third kappa shape index (κ3) is 5.30. The first-order chi connectivity index (χ1) is 16.3. The van der Waals surface area contributed by atoms with Crippen LogP contribution >= 0.6 is 0 Å². The maximum absolute atomic E-state index is 13.0. The van der Waals surface area contributed by atoms with Gasteiger partial charge in [-0.25, -0.2) is 13.4 Å². The molecule has 0 bridgehead atoms. The number of carbonyl (C=O) groups is 1. The van der Waals surface area contributed by atoms with Crippen LogP contribution in [0.5, 0.6) is 0 Å². The molecule has 0 saturated carbocycles. The molecule has 9 nitrogen and oxygen atoms in total. The molecule has 4 rings (SSSR count). The molecule has 0 unspecified atom stereocenters. The zero-order valence-corrected chi connectivity index (χ0v) is 20.6. The van der Waals surface area contributed by atoms with Gasteiger partial charge >= 0.3 is 0 Å². The van der Waals surface area contributed by atoms with Crippen molar-refractivity contribution in [3.63, 3.8) is 0 Å². The molecule has 1 fully saturated rings. The Morgan fingerprint density at radius 2 is 1.85 bits per heavy atom. The minimum Gasteiger partial charge on any atom is -0.379 e. The highest BCUT2D eigenvalue weighted by molar-refractivity contribution is 7.89. The van der Waals surface area contributed by atoms with Crippen LogP contribution in [-0.2, 0) is 32.6 Å². The Kier molecular flexibility index (Phi) is 7.32. The van der Waals surface area contributed by atoms with Gasteiger partial charge < -0.3 is 14.6 Å². The molecular formula is C24H31N5O4S. The van der Waals surface area contributed by atoms with Gasteiger partial charge in [0.25, 0.3) is 0 Å². The first-order valence-electron chi connectivity index (χ1n) is 11.4. The standard InChI is InChI=1S/C24H31N5O4S/c1-4-29-22-10-9-20(34(31,32)28-11-13-33-14-12-28)15-21(22)26-23(29)16-27(3)17-24(30)25-19-7-5-18(2)6-8-19/h5-10,15H,4,11-14,16-17H2,1-3H3,(H,25,30). The summed E-state index contributed by atoms with van der Waals surface area (Å²) >= 11 is 0. The monoisotopic (exact) mass is 485 g/mol. The van der Waals surface area contributed by atoms with Crippen LogP contribution in [0.1, 0.15) is 18.3 Å². The molecule has 1 aliphatic rings. The highest BCUT2D eigenvalue weighted by Crippen LogP contribution is 2.24. The second kappa shape index (κ2) is 10.2. The predicted octanol–water partition coefficient (Wildman–Crippen LogP) is 2.46. The summed E-state index contributed by atoms with van der Waals surface area (Å²) in [4.78, 5) is 19.3. The number of carbonyl (C=O) groups excluding carboxylic acids is 1. The summed E-state index contributed by atoms with van der Waals surface area (Å²) in [5.74, 6) is 0.674. The number of morpholine rings is 1. The second-order valence-electron chi connectivity index (χ2n) is 8.53. The molecule has 2 heterocycles. The first kappa shape index (κ1) is 24.3. The van der Waals surface area contributed by atoms with E-state index in [0.717, 1.165) is 22.6 Å². The van der Waals surface area contributed by atoms with Gasteiger partial charge in [0, 0.05) is 25.3 Å². The summed E-state index contributed by atoms with van der Waals surface area (Å²) in [7, 11) is -1.73. The minimum atomic E-state index is -3.59. The van der Waals surface area contributed by atoms with Gasteiger partial charge in [0.1, 0.15) is 5.82 Å².